The zero-order valence-electron chi connectivity index (χ0n) is 32.1. The molecule has 4 heterocycles. The third-order valence-electron chi connectivity index (χ3n) is 14.8. The van der Waals surface area contributed by atoms with Crippen LogP contribution in [0.25, 0.3) is 0 Å². The van der Waals surface area contributed by atoms with Crippen molar-refractivity contribution < 1.29 is 38.7 Å². The molecule has 0 aromatic carbocycles. The number of ether oxygens (including phenoxy) is 4. The molecule has 3 unspecified atom stereocenters. The molecule has 4 aliphatic carbocycles. The molecule has 13 heteroatoms. The second kappa shape index (κ2) is 13.8. The molecule has 15 atom stereocenters. The molecule has 1 aromatic heterocycles. The van der Waals surface area contributed by atoms with Crippen LogP contribution < -0.4 is 5.73 Å². The molecule has 4 N–H and O–H groups in total. The average molecular weight is 738 g/mol. The van der Waals surface area contributed by atoms with E-state index in [1.54, 1.807) is 5.57 Å². The molecule has 1 aromatic rings. The lowest BCUT2D eigenvalue weighted by molar-refractivity contribution is -0.226. The van der Waals surface area contributed by atoms with Gasteiger partial charge >= 0.3 is 11.9 Å². The van der Waals surface area contributed by atoms with Gasteiger partial charge in [-0.3, -0.25) is 14.5 Å². The predicted molar refractivity (Wildman–Crippen MR) is 193 cm³/mol. The van der Waals surface area contributed by atoms with Crippen LogP contribution in [0, 0.1) is 35.0 Å². The first kappa shape index (κ1) is 37.3. The van der Waals surface area contributed by atoms with Crippen molar-refractivity contribution in [1.82, 2.24) is 19.9 Å². The number of nitrogens with zero attached hydrogens (tertiary/aromatic N) is 4. The van der Waals surface area contributed by atoms with Gasteiger partial charge in [0.05, 0.1) is 35.7 Å². The maximum Gasteiger partial charge on any atom is 0.303 e. The number of nitrogens with two attached hydrogens (primary N) is 1. The van der Waals surface area contributed by atoms with Crippen LogP contribution in [0.15, 0.2) is 29.0 Å². The van der Waals surface area contributed by atoms with Gasteiger partial charge in [-0.2, -0.15) is 0 Å². The number of fused-ring (bicyclic) bond motifs is 6. The number of aliphatic hydroxyl groups excluding tert-OH is 2. The number of carbonyl (C=O) groups excluding carboxylic acids is 2. The van der Waals surface area contributed by atoms with Gasteiger partial charge in [0.1, 0.15) is 24.9 Å². The smallest absolute Gasteiger partial charge is 0.303 e. The minimum atomic E-state index is -1.30. The van der Waals surface area contributed by atoms with E-state index in [1.807, 2.05) is 6.20 Å². The number of esters is 2. The Kier molecular flexibility index (Phi) is 9.71. The topological polar surface area (TPSA) is 171 Å². The molecule has 0 bridgehead atoms. The molecule has 8 rings (SSSR count). The molecule has 0 amide bonds. The monoisotopic (exact) mass is 737 g/mol. The van der Waals surface area contributed by atoms with Crippen LogP contribution in [-0.2, 0) is 35.1 Å². The zero-order chi connectivity index (χ0) is 37.6. The number of carbonyl (C=O) groups is 2. The average Bonchev–Trinajstić information content (AvgIpc) is 3.80. The van der Waals surface area contributed by atoms with Gasteiger partial charge in [0.2, 0.25) is 0 Å². The molecule has 5 fully saturated rings. The van der Waals surface area contributed by atoms with Crippen LogP contribution in [0.5, 0.6) is 0 Å². The first-order valence-electron chi connectivity index (χ1n) is 20.0. The molecule has 53 heavy (non-hydrogen) atoms. The Labute approximate surface area is 312 Å². The zero-order valence-corrected chi connectivity index (χ0v) is 32.1. The van der Waals surface area contributed by atoms with Crippen molar-refractivity contribution >= 4 is 11.9 Å². The number of aromatic nitrogens is 3. The second-order valence-electron chi connectivity index (χ2n) is 17.8. The number of allylic oxidation sites excluding steroid dienone is 2. The summed E-state index contributed by atoms with van der Waals surface area (Å²) in [6.07, 6.45) is 8.33. The van der Waals surface area contributed by atoms with Gasteiger partial charge in [-0.15, -0.1) is 5.10 Å². The lowest BCUT2D eigenvalue weighted by Gasteiger charge is -2.49. The van der Waals surface area contributed by atoms with Crippen LogP contribution in [0.2, 0.25) is 0 Å². The molecular formula is C40H59N5O8. The summed E-state index contributed by atoms with van der Waals surface area (Å²) in [5, 5.41) is 30.4. The summed E-state index contributed by atoms with van der Waals surface area (Å²) in [7, 11) is 0. The quantitative estimate of drug-likeness (QED) is 0.287. The summed E-state index contributed by atoms with van der Waals surface area (Å²) < 4.78 is 25.6. The standard InChI is InChI=1S/C40H59N5O8/c1-20-13-32-35(22(3)40(53-32)12-10-28-29-8-7-25-14-27(48)9-11-39(25,6)31(29)15-30(28)21(40)2)44(16-20)17-26-18-45(43-42-26)38-34(41)37(51-24(5)47)36(49)33(52-38)19-50-23(4)46/h7,18,20,22,27-29,31-38,48-49H,8-17,19,41H2,1-6H3/t20-,22+,27-,28-,29-,31-,32+,33?,34?,35-,36-,37?,38+,39-,40-/m0/s1. The summed E-state index contributed by atoms with van der Waals surface area (Å²) in [5.74, 6) is 1.58. The van der Waals surface area contributed by atoms with Crippen molar-refractivity contribution in [1.29, 1.82) is 0 Å². The van der Waals surface area contributed by atoms with Crippen LogP contribution in [0.4, 0.5) is 0 Å². The van der Waals surface area contributed by atoms with Gasteiger partial charge in [0.25, 0.3) is 0 Å². The largest absolute Gasteiger partial charge is 0.463 e. The van der Waals surface area contributed by atoms with Crippen molar-refractivity contribution in [2.75, 3.05) is 13.2 Å². The van der Waals surface area contributed by atoms with E-state index in [0.717, 1.165) is 57.2 Å². The Hall–Kier alpha value is -2.68. The summed E-state index contributed by atoms with van der Waals surface area (Å²) in [5.41, 5.74) is 11.8. The van der Waals surface area contributed by atoms with Gasteiger partial charge in [0, 0.05) is 38.9 Å². The van der Waals surface area contributed by atoms with Crippen LogP contribution >= 0.6 is 0 Å². The highest BCUT2D eigenvalue weighted by Gasteiger charge is 2.62. The minimum absolute atomic E-state index is 0.119. The van der Waals surface area contributed by atoms with Crippen LogP contribution in [0.1, 0.15) is 105 Å². The van der Waals surface area contributed by atoms with Gasteiger partial charge in [-0.1, -0.05) is 43.2 Å². The third kappa shape index (κ3) is 6.21. The first-order valence-corrected chi connectivity index (χ1v) is 20.0. The van der Waals surface area contributed by atoms with E-state index >= 15 is 0 Å². The van der Waals surface area contributed by atoms with Gasteiger partial charge in [-0.25, -0.2) is 4.68 Å². The summed E-state index contributed by atoms with van der Waals surface area (Å²) >= 11 is 0. The SMILES string of the molecule is CC(=O)OCC1O[C@@H](n2cc(CN3C[C@@H](C)C[C@H]4O[C@]5(CC[C@@H]6C(=C5C)C[C@H]5[C@H]6CC=C6C[C@@H](O)CC[C@@]65C)[C@H](C)[C@@H]43)nn2)C(N)C(OC(C)=O)[C@H]1O. The first-order chi connectivity index (χ1) is 25.2. The summed E-state index contributed by atoms with van der Waals surface area (Å²) in [6, 6.07) is -0.720. The number of likely N-dealkylation sites (tertiary alicyclic amines) is 1. The van der Waals surface area contributed by atoms with E-state index in [1.165, 1.54) is 36.1 Å². The Bertz CT molecular complexity index is 1660. The van der Waals surface area contributed by atoms with E-state index < -0.39 is 42.5 Å². The molecule has 13 nitrogen and oxygen atoms in total. The molecule has 7 aliphatic rings. The van der Waals surface area contributed by atoms with E-state index in [9.17, 15) is 19.8 Å². The van der Waals surface area contributed by atoms with Crippen molar-refractivity contribution in [2.45, 2.75) is 154 Å². The van der Waals surface area contributed by atoms with E-state index in [4.69, 9.17) is 24.7 Å². The van der Waals surface area contributed by atoms with Gasteiger partial charge in [-0.05, 0) is 93.0 Å². The van der Waals surface area contributed by atoms with Gasteiger partial charge in [0.15, 0.2) is 6.23 Å². The fourth-order valence-electron chi connectivity index (χ4n) is 12.2. The molecule has 0 radical (unpaired) electrons. The number of rotatable bonds is 6. The lowest BCUT2D eigenvalue weighted by atomic mass is 9.56. The maximum atomic E-state index is 11.9. The summed E-state index contributed by atoms with van der Waals surface area (Å²) in [6.45, 7) is 13.4. The third-order valence-corrected chi connectivity index (χ3v) is 14.8. The highest BCUT2D eigenvalue weighted by molar-refractivity contribution is 5.66. The van der Waals surface area contributed by atoms with Gasteiger partial charge < -0.3 is 34.9 Å². The predicted octanol–water partition coefficient (Wildman–Crippen LogP) is 3.59. The van der Waals surface area contributed by atoms with Crippen LogP contribution in [0.3, 0.4) is 0 Å². The highest BCUT2D eigenvalue weighted by atomic mass is 16.6. The molecule has 2 saturated carbocycles. The molecule has 1 spiro atoms. The van der Waals surface area contributed by atoms with E-state index in [0.29, 0.717) is 36.1 Å². The normalized spacial score (nSPS) is 45.2. The second-order valence-corrected chi connectivity index (χ2v) is 17.8. The van der Waals surface area contributed by atoms with Crippen molar-refractivity contribution in [3.05, 3.63) is 34.7 Å². The Balaban J connectivity index is 1.02. The minimum Gasteiger partial charge on any atom is -0.463 e. The Morgan fingerprint density at radius 3 is 2.68 bits per heavy atom. The van der Waals surface area contributed by atoms with Crippen molar-refractivity contribution in [2.24, 2.45) is 40.7 Å². The highest BCUT2D eigenvalue weighted by Crippen LogP contribution is 2.65. The molecule has 292 valence electrons. The van der Waals surface area contributed by atoms with E-state index in [-0.39, 0.29) is 35.9 Å². The Morgan fingerprint density at radius 1 is 1.13 bits per heavy atom. The van der Waals surface area contributed by atoms with Crippen molar-refractivity contribution in [3.63, 3.8) is 0 Å². The maximum absolute atomic E-state index is 11.9. The van der Waals surface area contributed by atoms with E-state index in [2.05, 4.69) is 49.0 Å². The molecular weight excluding hydrogens is 678 g/mol. The number of hydrogen-bond acceptors (Lipinski definition) is 12. The number of aliphatic hydroxyl groups is 2. The van der Waals surface area contributed by atoms with Crippen LogP contribution in [-0.4, -0.2) is 103 Å². The lowest BCUT2D eigenvalue weighted by Crippen LogP contribution is -2.61. The fourth-order valence-corrected chi connectivity index (χ4v) is 12.2. The van der Waals surface area contributed by atoms with Crippen molar-refractivity contribution in [3.8, 4) is 0 Å². The molecule has 3 aliphatic heterocycles. The number of piperidine rings is 1. The summed E-state index contributed by atoms with van der Waals surface area (Å²) in [4.78, 5) is 26.0. The molecule has 3 saturated heterocycles. The fraction of sp³-hybridized carbons (Fsp3) is 0.800. The number of hydrogen-bond donors (Lipinski definition) is 3. The Morgan fingerprint density at radius 2 is 1.92 bits per heavy atom.